The number of anilines is 2. The SMILES string of the molecule is COc1cc(N)ccc1NC(=O)c1ccnc(C)c1. The van der Waals surface area contributed by atoms with Crippen LogP contribution in [0.25, 0.3) is 0 Å². The molecule has 0 atom stereocenters. The number of hydrogen-bond acceptors (Lipinski definition) is 4. The molecule has 3 N–H and O–H groups in total. The summed E-state index contributed by atoms with van der Waals surface area (Å²) in [5, 5.41) is 2.78. The first-order valence-corrected chi connectivity index (χ1v) is 5.77. The van der Waals surface area contributed by atoms with E-state index in [0.717, 1.165) is 5.69 Å². The van der Waals surface area contributed by atoms with Crippen LogP contribution in [0, 0.1) is 6.92 Å². The predicted octanol–water partition coefficient (Wildman–Crippen LogP) is 2.23. The number of aromatic nitrogens is 1. The van der Waals surface area contributed by atoms with Crippen LogP contribution in [0.3, 0.4) is 0 Å². The topological polar surface area (TPSA) is 77.2 Å². The molecule has 0 aliphatic carbocycles. The smallest absolute Gasteiger partial charge is 0.255 e. The van der Waals surface area contributed by atoms with E-state index in [2.05, 4.69) is 10.3 Å². The van der Waals surface area contributed by atoms with Gasteiger partial charge in [0, 0.05) is 29.2 Å². The maximum atomic E-state index is 12.1. The molecule has 1 aromatic heterocycles. The number of aryl methyl sites for hydroxylation is 1. The van der Waals surface area contributed by atoms with Crippen molar-refractivity contribution >= 4 is 17.3 Å². The van der Waals surface area contributed by atoms with E-state index in [1.54, 1.807) is 36.5 Å². The summed E-state index contributed by atoms with van der Waals surface area (Å²) < 4.78 is 5.18. The van der Waals surface area contributed by atoms with Crippen LogP contribution >= 0.6 is 0 Å². The summed E-state index contributed by atoms with van der Waals surface area (Å²) in [7, 11) is 1.53. The molecule has 0 saturated heterocycles. The number of ether oxygens (including phenoxy) is 1. The molecule has 0 fully saturated rings. The third-order valence-electron chi connectivity index (χ3n) is 2.63. The van der Waals surface area contributed by atoms with Gasteiger partial charge in [-0.15, -0.1) is 0 Å². The van der Waals surface area contributed by atoms with Gasteiger partial charge in [0.15, 0.2) is 0 Å². The molecule has 1 amide bonds. The minimum absolute atomic E-state index is 0.214. The van der Waals surface area contributed by atoms with E-state index in [4.69, 9.17) is 10.5 Å². The quantitative estimate of drug-likeness (QED) is 0.827. The van der Waals surface area contributed by atoms with Crippen molar-refractivity contribution in [2.75, 3.05) is 18.2 Å². The van der Waals surface area contributed by atoms with Crippen molar-refractivity contribution in [3.63, 3.8) is 0 Å². The van der Waals surface area contributed by atoms with Crippen LogP contribution in [0.2, 0.25) is 0 Å². The fourth-order valence-corrected chi connectivity index (χ4v) is 1.69. The van der Waals surface area contributed by atoms with Crippen molar-refractivity contribution < 1.29 is 9.53 Å². The Bertz CT molecular complexity index is 611. The maximum absolute atomic E-state index is 12.1. The molecule has 0 radical (unpaired) electrons. The van der Waals surface area contributed by atoms with Crippen molar-refractivity contribution in [3.8, 4) is 5.75 Å². The second kappa shape index (κ2) is 5.39. The second-order valence-electron chi connectivity index (χ2n) is 4.10. The zero-order valence-electron chi connectivity index (χ0n) is 10.8. The summed E-state index contributed by atoms with van der Waals surface area (Å²) in [5.74, 6) is 0.313. The number of nitrogen functional groups attached to an aromatic ring is 1. The van der Waals surface area contributed by atoms with E-state index >= 15 is 0 Å². The maximum Gasteiger partial charge on any atom is 0.255 e. The van der Waals surface area contributed by atoms with Gasteiger partial charge in [-0.3, -0.25) is 9.78 Å². The Morgan fingerprint density at radius 3 is 2.79 bits per heavy atom. The van der Waals surface area contributed by atoms with Crippen LogP contribution in [-0.4, -0.2) is 18.0 Å². The first-order chi connectivity index (χ1) is 9.10. The van der Waals surface area contributed by atoms with Gasteiger partial charge in [-0.05, 0) is 31.2 Å². The number of nitrogens with zero attached hydrogens (tertiary/aromatic N) is 1. The summed E-state index contributed by atoms with van der Waals surface area (Å²) in [6, 6.07) is 8.45. The van der Waals surface area contributed by atoms with Gasteiger partial charge in [0.05, 0.1) is 12.8 Å². The van der Waals surface area contributed by atoms with Gasteiger partial charge in [-0.2, -0.15) is 0 Å². The van der Waals surface area contributed by atoms with Gasteiger partial charge >= 0.3 is 0 Å². The van der Waals surface area contributed by atoms with Crippen LogP contribution < -0.4 is 15.8 Å². The third kappa shape index (κ3) is 3.01. The first kappa shape index (κ1) is 12.9. The Morgan fingerprint density at radius 1 is 1.32 bits per heavy atom. The molecule has 1 aromatic carbocycles. The monoisotopic (exact) mass is 257 g/mol. The number of benzene rings is 1. The molecule has 0 spiro atoms. The van der Waals surface area contributed by atoms with E-state index in [-0.39, 0.29) is 5.91 Å². The molecule has 0 saturated carbocycles. The van der Waals surface area contributed by atoms with E-state index in [9.17, 15) is 4.79 Å². The summed E-state index contributed by atoms with van der Waals surface area (Å²) in [4.78, 5) is 16.1. The minimum Gasteiger partial charge on any atom is -0.494 e. The molecular weight excluding hydrogens is 242 g/mol. The highest BCUT2D eigenvalue weighted by atomic mass is 16.5. The Hall–Kier alpha value is -2.56. The van der Waals surface area contributed by atoms with Gasteiger partial charge in [0.2, 0.25) is 0 Å². The van der Waals surface area contributed by atoms with Crippen LogP contribution in [-0.2, 0) is 0 Å². The molecule has 98 valence electrons. The Balaban J connectivity index is 2.24. The fourth-order valence-electron chi connectivity index (χ4n) is 1.69. The number of nitrogens with two attached hydrogens (primary N) is 1. The van der Waals surface area contributed by atoms with Crippen LogP contribution in [0.5, 0.6) is 5.75 Å². The third-order valence-corrected chi connectivity index (χ3v) is 2.63. The predicted molar refractivity (Wildman–Crippen MR) is 74.3 cm³/mol. The van der Waals surface area contributed by atoms with Crippen molar-refractivity contribution in [1.29, 1.82) is 0 Å². The number of methoxy groups -OCH3 is 1. The molecular formula is C14H15N3O2. The van der Waals surface area contributed by atoms with Gasteiger partial charge in [-0.1, -0.05) is 0 Å². The number of nitrogens with one attached hydrogen (secondary N) is 1. The molecule has 0 bridgehead atoms. The van der Waals surface area contributed by atoms with Crippen molar-refractivity contribution in [1.82, 2.24) is 4.98 Å². The number of amides is 1. The second-order valence-corrected chi connectivity index (χ2v) is 4.10. The minimum atomic E-state index is -0.214. The number of pyridine rings is 1. The molecule has 0 unspecified atom stereocenters. The highest BCUT2D eigenvalue weighted by molar-refractivity contribution is 6.05. The van der Waals surface area contributed by atoms with Crippen molar-refractivity contribution in [3.05, 3.63) is 47.8 Å². The Morgan fingerprint density at radius 2 is 2.11 bits per heavy atom. The standard InChI is InChI=1S/C14H15N3O2/c1-9-7-10(5-6-16-9)14(18)17-12-4-3-11(15)8-13(12)19-2/h3-8H,15H2,1-2H3,(H,17,18). The highest BCUT2D eigenvalue weighted by Gasteiger charge is 2.10. The van der Waals surface area contributed by atoms with Gasteiger partial charge in [0.25, 0.3) is 5.91 Å². The fraction of sp³-hybridized carbons (Fsp3) is 0.143. The lowest BCUT2D eigenvalue weighted by atomic mass is 10.2. The highest BCUT2D eigenvalue weighted by Crippen LogP contribution is 2.26. The molecule has 5 heteroatoms. The average molecular weight is 257 g/mol. The first-order valence-electron chi connectivity index (χ1n) is 5.77. The summed E-state index contributed by atoms with van der Waals surface area (Å²) in [6.45, 7) is 1.83. The lowest BCUT2D eigenvalue weighted by Gasteiger charge is -2.11. The van der Waals surface area contributed by atoms with Crippen LogP contribution in [0.15, 0.2) is 36.5 Å². The molecule has 2 aromatic rings. The summed E-state index contributed by atoms with van der Waals surface area (Å²) in [6.07, 6.45) is 1.60. The van der Waals surface area contributed by atoms with E-state index in [1.165, 1.54) is 7.11 Å². The zero-order valence-corrected chi connectivity index (χ0v) is 10.8. The van der Waals surface area contributed by atoms with Crippen molar-refractivity contribution in [2.24, 2.45) is 0 Å². The molecule has 2 rings (SSSR count). The summed E-state index contributed by atoms with van der Waals surface area (Å²) >= 11 is 0. The average Bonchev–Trinajstić information content (AvgIpc) is 2.40. The number of hydrogen-bond donors (Lipinski definition) is 2. The van der Waals surface area contributed by atoms with E-state index in [0.29, 0.717) is 22.7 Å². The zero-order chi connectivity index (χ0) is 13.8. The Kier molecular flexibility index (Phi) is 3.66. The van der Waals surface area contributed by atoms with Crippen LogP contribution in [0.1, 0.15) is 16.1 Å². The molecule has 0 aliphatic rings. The summed E-state index contributed by atoms with van der Waals surface area (Å²) in [5.41, 5.74) is 8.16. The lowest BCUT2D eigenvalue weighted by Crippen LogP contribution is -2.13. The Labute approximate surface area is 111 Å². The number of carbonyl (C=O) groups excluding carboxylic acids is 1. The number of rotatable bonds is 3. The van der Waals surface area contributed by atoms with Gasteiger partial charge in [-0.25, -0.2) is 0 Å². The van der Waals surface area contributed by atoms with E-state index in [1.807, 2.05) is 6.92 Å². The van der Waals surface area contributed by atoms with Crippen LogP contribution in [0.4, 0.5) is 11.4 Å². The van der Waals surface area contributed by atoms with E-state index < -0.39 is 0 Å². The van der Waals surface area contributed by atoms with Gasteiger partial charge < -0.3 is 15.8 Å². The largest absolute Gasteiger partial charge is 0.494 e. The lowest BCUT2D eigenvalue weighted by molar-refractivity contribution is 0.102. The van der Waals surface area contributed by atoms with Gasteiger partial charge in [0.1, 0.15) is 5.75 Å². The number of carbonyl (C=O) groups is 1. The molecule has 19 heavy (non-hydrogen) atoms. The molecule has 5 nitrogen and oxygen atoms in total. The molecule has 0 aliphatic heterocycles. The molecule has 1 heterocycles. The van der Waals surface area contributed by atoms with Crippen molar-refractivity contribution in [2.45, 2.75) is 6.92 Å². The normalized spacial score (nSPS) is 10.0.